The minimum Gasteiger partial charge on any atom is -0.283 e. The zero-order chi connectivity index (χ0) is 13.5. The Labute approximate surface area is 105 Å². The van der Waals surface area contributed by atoms with E-state index in [0.717, 1.165) is 12.1 Å². The minimum absolute atomic E-state index is 0.233. The van der Waals surface area contributed by atoms with Crippen LogP contribution in [0.2, 0.25) is 0 Å². The first-order chi connectivity index (χ1) is 7.38. The number of hydrogen-bond acceptors (Lipinski definition) is 1. The highest BCUT2D eigenvalue weighted by atomic mass is 79.9. The Morgan fingerprint density at radius 3 is 1.94 bits per heavy atom. The molecule has 0 radical (unpaired) electrons. The number of hydrogen-bond donors (Lipinski definition) is 0. The molecule has 0 bridgehead atoms. The third-order valence-electron chi connectivity index (χ3n) is 2.02. The molecule has 1 nitrogen and oxygen atoms in total. The molecule has 96 valence electrons. The van der Waals surface area contributed by atoms with Crippen molar-refractivity contribution in [1.82, 2.24) is 0 Å². The van der Waals surface area contributed by atoms with Crippen molar-refractivity contribution in [2.45, 2.75) is 6.18 Å². The van der Waals surface area contributed by atoms with Crippen LogP contribution in [0.5, 0.6) is 0 Å². The molecular formula is C11H12BrF3OS. The van der Waals surface area contributed by atoms with Crippen LogP contribution in [0.15, 0.2) is 24.3 Å². The van der Waals surface area contributed by atoms with E-state index in [9.17, 15) is 18.0 Å². The number of carbonyl (C=O) groups excluding carboxylic acids is 1. The second kappa shape index (κ2) is 3.95. The second-order valence-corrected chi connectivity index (χ2v) is 15.1. The van der Waals surface area contributed by atoms with Gasteiger partial charge in [0.1, 0.15) is 0 Å². The fourth-order valence-electron chi connectivity index (χ4n) is 1.16. The Balaban J connectivity index is 3.14. The average molecular weight is 329 g/mol. The Hall–Kier alpha value is -0.620. The van der Waals surface area contributed by atoms with Crippen LogP contribution in [-0.2, 0) is 6.18 Å². The summed E-state index contributed by atoms with van der Waals surface area (Å²) in [5.41, 5.74) is -0.533. The molecule has 1 aromatic rings. The molecule has 0 fully saturated rings. The molecule has 0 N–H and O–H groups in total. The van der Waals surface area contributed by atoms with Gasteiger partial charge in [-0.3, -0.25) is 4.79 Å². The highest BCUT2D eigenvalue weighted by Gasteiger charge is 2.31. The summed E-state index contributed by atoms with van der Waals surface area (Å²) in [4.78, 5) is 12.0. The second-order valence-electron chi connectivity index (χ2n) is 4.40. The lowest BCUT2D eigenvalue weighted by Crippen LogP contribution is -2.11. The van der Waals surface area contributed by atoms with E-state index in [1.807, 2.05) is 0 Å². The maximum atomic E-state index is 12.3. The Morgan fingerprint density at radius 2 is 1.65 bits per heavy atom. The number of halogens is 4. The van der Waals surface area contributed by atoms with E-state index in [4.69, 9.17) is 0 Å². The van der Waals surface area contributed by atoms with E-state index < -0.39 is 18.9 Å². The predicted molar refractivity (Wildman–Crippen MR) is 71.3 cm³/mol. The van der Waals surface area contributed by atoms with E-state index in [-0.39, 0.29) is 10.7 Å². The number of benzene rings is 1. The molecule has 1 aromatic carbocycles. The Morgan fingerprint density at radius 1 is 1.24 bits per heavy atom. The molecule has 6 heteroatoms. The van der Waals surface area contributed by atoms with Crippen LogP contribution in [0.1, 0.15) is 15.9 Å². The molecule has 17 heavy (non-hydrogen) atoms. The van der Waals surface area contributed by atoms with Crippen LogP contribution in [0.3, 0.4) is 0 Å². The summed E-state index contributed by atoms with van der Waals surface area (Å²) in [6, 6.07) is 4.17. The van der Waals surface area contributed by atoms with Crippen molar-refractivity contribution in [3.05, 3.63) is 35.4 Å². The van der Waals surface area contributed by atoms with Crippen molar-refractivity contribution in [1.29, 1.82) is 0 Å². The van der Waals surface area contributed by atoms with Crippen molar-refractivity contribution in [2.24, 2.45) is 0 Å². The summed E-state index contributed by atoms with van der Waals surface area (Å²) in [6.45, 7) is 0. The highest BCUT2D eigenvalue weighted by molar-refractivity contribution is 9.63. The third kappa shape index (κ3) is 3.67. The summed E-state index contributed by atoms with van der Waals surface area (Å²) < 4.78 is 37.0. The van der Waals surface area contributed by atoms with Gasteiger partial charge in [0, 0.05) is 5.56 Å². The van der Waals surface area contributed by atoms with Gasteiger partial charge in [0.05, 0.1) is 5.56 Å². The molecule has 0 saturated heterocycles. The van der Waals surface area contributed by atoms with Gasteiger partial charge < -0.3 is 0 Å². The zero-order valence-electron chi connectivity index (χ0n) is 9.34. The molecule has 0 aromatic heterocycles. The summed E-state index contributed by atoms with van der Waals surface area (Å²) >= 11 is 3.27. The standard InChI is InChI=1S/C11H12BrF3OS/c1-17(2,3,12)10(16)8-4-6-9(7-5-8)11(13,14)15/h4-7H,1H2,2-3H3. The molecule has 0 heterocycles. The Kier molecular flexibility index (Phi) is 3.35. The van der Waals surface area contributed by atoms with Crippen molar-refractivity contribution in [3.63, 3.8) is 0 Å². The molecule has 0 unspecified atom stereocenters. The lowest BCUT2D eigenvalue weighted by Gasteiger charge is -2.30. The van der Waals surface area contributed by atoms with E-state index in [1.165, 1.54) is 12.1 Å². The molecule has 0 aliphatic carbocycles. The van der Waals surface area contributed by atoms with Gasteiger partial charge in [-0.05, 0) is 51.6 Å². The van der Waals surface area contributed by atoms with Gasteiger partial charge in [0.25, 0.3) is 0 Å². The van der Waals surface area contributed by atoms with Crippen LogP contribution < -0.4 is 0 Å². The molecule has 1 rings (SSSR count). The van der Waals surface area contributed by atoms with Gasteiger partial charge in [-0.25, -0.2) is 0 Å². The molecule has 0 atom stereocenters. The van der Waals surface area contributed by atoms with Crippen LogP contribution >= 0.6 is 22.0 Å². The molecule has 0 amide bonds. The van der Waals surface area contributed by atoms with E-state index in [0.29, 0.717) is 0 Å². The summed E-state index contributed by atoms with van der Waals surface area (Å²) in [6.07, 6.45) is -1.06. The lowest BCUT2D eigenvalue weighted by atomic mass is 10.1. The maximum Gasteiger partial charge on any atom is 0.416 e. The molecule has 0 spiro atoms. The zero-order valence-corrected chi connectivity index (χ0v) is 11.7. The van der Waals surface area contributed by atoms with E-state index in [2.05, 4.69) is 20.7 Å². The first-order valence-electron chi connectivity index (χ1n) is 4.56. The van der Waals surface area contributed by atoms with E-state index in [1.54, 1.807) is 12.5 Å². The topological polar surface area (TPSA) is 17.1 Å². The summed E-state index contributed by atoms with van der Waals surface area (Å²) in [7, 11) is -2.64. The Bertz CT molecular complexity index is 499. The summed E-state index contributed by atoms with van der Waals surface area (Å²) in [5, 5.41) is -0.268. The SMILES string of the molecule is C=S(C)(C)(Br)C(=O)c1ccc(C(F)(F)F)cc1. The van der Waals surface area contributed by atoms with Crippen molar-refractivity contribution in [2.75, 3.05) is 12.5 Å². The van der Waals surface area contributed by atoms with Crippen LogP contribution in [0.25, 0.3) is 0 Å². The molecule has 0 saturated carbocycles. The van der Waals surface area contributed by atoms with Crippen LogP contribution in [-0.4, -0.2) is 23.5 Å². The van der Waals surface area contributed by atoms with Crippen molar-refractivity contribution in [3.8, 4) is 0 Å². The number of carbonyl (C=O) groups is 1. The molecule has 0 aliphatic rings. The van der Waals surface area contributed by atoms with Gasteiger partial charge in [-0.2, -0.15) is 13.2 Å². The molecular weight excluding hydrogens is 317 g/mol. The largest absolute Gasteiger partial charge is 0.416 e. The minimum atomic E-state index is -4.39. The predicted octanol–water partition coefficient (Wildman–Crippen LogP) is 4.19. The van der Waals surface area contributed by atoms with Gasteiger partial charge in [0.2, 0.25) is 5.12 Å². The third-order valence-corrected chi connectivity index (χ3v) is 4.28. The van der Waals surface area contributed by atoms with E-state index >= 15 is 0 Å². The fraction of sp³-hybridized carbons (Fsp3) is 0.273. The first kappa shape index (κ1) is 14.4. The van der Waals surface area contributed by atoms with Gasteiger partial charge in [-0.15, -0.1) is 7.18 Å². The van der Waals surface area contributed by atoms with Crippen LogP contribution in [0, 0.1) is 0 Å². The van der Waals surface area contributed by atoms with Gasteiger partial charge in [0.15, 0.2) is 0 Å². The van der Waals surface area contributed by atoms with Gasteiger partial charge in [-0.1, -0.05) is 5.87 Å². The van der Waals surface area contributed by atoms with Crippen LogP contribution in [0.4, 0.5) is 13.2 Å². The fourth-order valence-corrected chi connectivity index (χ4v) is 2.58. The first-order valence-corrected chi connectivity index (χ1v) is 9.43. The smallest absolute Gasteiger partial charge is 0.283 e. The monoisotopic (exact) mass is 328 g/mol. The van der Waals surface area contributed by atoms with Gasteiger partial charge >= 0.3 is 6.18 Å². The lowest BCUT2D eigenvalue weighted by molar-refractivity contribution is -0.137. The average Bonchev–Trinajstić information content (AvgIpc) is 2.13. The maximum absolute atomic E-state index is 12.3. The van der Waals surface area contributed by atoms with Crippen molar-refractivity contribution < 1.29 is 18.0 Å². The summed E-state index contributed by atoms with van der Waals surface area (Å²) in [5.74, 6) is 3.80. The quantitative estimate of drug-likeness (QED) is 0.706. The number of rotatable bonds is 1. The number of alkyl halides is 3. The highest BCUT2D eigenvalue weighted by Crippen LogP contribution is 2.59. The van der Waals surface area contributed by atoms with Crippen molar-refractivity contribution >= 4 is 33.0 Å². The normalized spacial score (nSPS) is 15.1. The molecule has 0 aliphatic heterocycles.